The smallest absolute Gasteiger partial charge is 0.249 e. The van der Waals surface area contributed by atoms with Crippen molar-refractivity contribution in [2.45, 2.75) is 39.8 Å². The van der Waals surface area contributed by atoms with Crippen LogP contribution in [0.25, 0.3) is 0 Å². The van der Waals surface area contributed by atoms with E-state index in [0.29, 0.717) is 17.8 Å². The van der Waals surface area contributed by atoms with Crippen LogP contribution in [-0.4, -0.2) is 27.3 Å². The van der Waals surface area contributed by atoms with Gasteiger partial charge in [0.15, 0.2) is 5.82 Å². The molecule has 0 fully saturated rings. The molecule has 0 radical (unpaired) electrons. The first-order valence-corrected chi connectivity index (χ1v) is 7.03. The van der Waals surface area contributed by atoms with Crippen LogP contribution >= 0.6 is 0 Å². The Balaban J connectivity index is 2.04. The van der Waals surface area contributed by atoms with E-state index in [2.05, 4.69) is 25.8 Å². The van der Waals surface area contributed by atoms with Crippen molar-refractivity contribution in [2.24, 2.45) is 0 Å². The van der Waals surface area contributed by atoms with Gasteiger partial charge in [-0.1, -0.05) is 0 Å². The molecule has 0 saturated heterocycles. The maximum Gasteiger partial charge on any atom is 0.249 e. The first kappa shape index (κ1) is 15.0. The van der Waals surface area contributed by atoms with E-state index in [0.717, 1.165) is 11.4 Å². The lowest BCUT2D eigenvalue weighted by Crippen LogP contribution is -2.12. The summed E-state index contributed by atoms with van der Waals surface area (Å²) in [7, 11) is 0. The SMILES string of the molecule is CC(C)Nc1cnnc(Nc2ccc(OC(C)C)cc2)n1. The molecule has 0 aliphatic carbocycles. The van der Waals surface area contributed by atoms with Gasteiger partial charge >= 0.3 is 0 Å². The number of anilines is 3. The second kappa shape index (κ2) is 6.88. The summed E-state index contributed by atoms with van der Waals surface area (Å²) in [4.78, 5) is 4.35. The highest BCUT2D eigenvalue weighted by Crippen LogP contribution is 2.19. The van der Waals surface area contributed by atoms with Gasteiger partial charge < -0.3 is 15.4 Å². The summed E-state index contributed by atoms with van der Waals surface area (Å²) in [5.41, 5.74) is 0.884. The van der Waals surface area contributed by atoms with Gasteiger partial charge in [-0.3, -0.25) is 0 Å². The molecule has 0 amide bonds. The highest BCUT2D eigenvalue weighted by atomic mass is 16.5. The molecular weight excluding hydrogens is 266 g/mol. The number of ether oxygens (including phenoxy) is 1. The number of hydrogen-bond donors (Lipinski definition) is 2. The Morgan fingerprint density at radius 3 is 2.38 bits per heavy atom. The minimum absolute atomic E-state index is 0.162. The minimum atomic E-state index is 0.162. The van der Waals surface area contributed by atoms with Crippen LogP contribution in [0.4, 0.5) is 17.5 Å². The molecular formula is C15H21N5O. The summed E-state index contributed by atoms with van der Waals surface area (Å²) in [6, 6.07) is 7.95. The molecule has 0 aliphatic heterocycles. The third-order valence-corrected chi connectivity index (χ3v) is 2.48. The highest BCUT2D eigenvalue weighted by molar-refractivity contribution is 5.55. The van der Waals surface area contributed by atoms with E-state index < -0.39 is 0 Å². The highest BCUT2D eigenvalue weighted by Gasteiger charge is 2.03. The standard InChI is InChI=1S/C15H21N5O/c1-10(2)17-14-9-16-20-15(19-14)18-12-5-7-13(8-6-12)21-11(3)4/h5-11H,1-4H3,(H2,17,18,19,20). The van der Waals surface area contributed by atoms with Crippen molar-refractivity contribution in [3.63, 3.8) is 0 Å². The molecule has 2 N–H and O–H groups in total. The third-order valence-electron chi connectivity index (χ3n) is 2.48. The van der Waals surface area contributed by atoms with Crippen molar-refractivity contribution in [1.82, 2.24) is 15.2 Å². The summed E-state index contributed by atoms with van der Waals surface area (Å²) in [5, 5.41) is 14.2. The van der Waals surface area contributed by atoms with E-state index in [1.165, 1.54) is 0 Å². The Morgan fingerprint density at radius 1 is 1.05 bits per heavy atom. The number of nitrogens with zero attached hydrogens (tertiary/aromatic N) is 3. The third kappa shape index (κ3) is 4.91. The topological polar surface area (TPSA) is 72.0 Å². The van der Waals surface area contributed by atoms with Gasteiger partial charge in [0.2, 0.25) is 5.95 Å². The number of nitrogens with one attached hydrogen (secondary N) is 2. The van der Waals surface area contributed by atoms with Crippen LogP contribution in [0.5, 0.6) is 5.75 Å². The fourth-order valence-corrected chi connectivity index (χ4v) is 1.74. The Bertz CT molecular complexity index is 569. The van der Waals surface area contributed by atoms with Gasteiger partial charge in [-0.2, -0.15) is 10.1 Å². The van der Waals surface area contributed by atoms with Crippen LogP contribution in [0.3, 0.4) is 0 Å². The Kier molecular flexibility index (Phi) is 4.92. The van der Waals surface area contributed by atoms with Gasteiger partial charge in [-0.15, -0.1) is 5.10 Å². The minimum Gasteiger partial charge on any atom is -0.491 e. The van der Waals surface area contributed by atoms with E-state index in [9.17, 15) is 0 Å². The number of hydrogen-bond acceptors (Lipinski definition) is 6. The van der Waals surface area contributed by atoms with Crippen LogP contribution in [-0.2, 0) is 0 Å². The van der Waals surface area contributed by atoms with Gasteiger partial charge in [0, 0.05) is 11.7 Å². The van der Waals surface area contributed by atoms with Crippen LogP contribution in [0.1, 0.15) is 27.7 Å². The average Bonchev–Trinajstić information content (AvgIpc) is 2.40. The summed E-state index contributed by atoms with van der Waals surface area (Å²) < 4.78 is 5.60. The number of aromatic nitrogens is 3. The Labute approximate surface area is 125 Å². The molecule has 0 unspecified atom stereocenters. The lowest BCUT2D eigenvalue weighted by atomic mass is 10.3. The molecule has 2 aromatic rings. The summed E-state index contributed by atoms with van der Waals surface area (Å²) in [6.07, 6.45) is 1.76. The molecule has 0 spiro atoms. The van der Waals surface area contributed by atoms with Gasteiger partial charge in [0.05, 0.1) is 12.3 Å². The van der Waals surface area contributed by atoms with E-state index in [-0.39, 0.29) is 6.10 Å². The zero-order chi connectivity index (χ0) is 15.2. The van der Waals surface area contributed by atoms with Crippen molar-refractivity contribution < 1.29 is 4.74 Å². The monoisotopic (exact) mass is 287 g/mol. The Hall–Kier alpha value is -2.37. The maximum atomic E-state index is 5.60. The molecule has 0 saturated carbocycles. The fourth-order valence-electron chi connectivity index (χ4n) is 1.74. The molecule has 0 bridgehead atoms. The predicted octanol–water partition coefficient (Wildman–Crippen LogP) is 3.22. The largest absolute Gasteiger partial charge is 0.491 e. The number of rotatable bonds is 6. The second-order valence-corrected chi connectivity index (χ2v) is 5.28. The Morgan fingerprint density at radius 2 is 1.76 bits per heavy atom. The lowest BCUT2D eigenvalue weighted by molar-refractivity contribution is 0.242. The summed E-state index contributed by atoms with van der Waals surface area (Å²) in [6.45, 7) is 8.09. The molecule has 21 heavy (non-hydrogen) atoms. The molecule has 6 nitrogen and oxygen atoms in total. The van der Waals surface area contributed by atoms with Crippen molar-refractivity contribution in [2.75, 3.05) is 10.6 Å². The van der Waals surface area contributed by atoms with Crippen LogP contribution in [0, 0.1) is 0 Å². The fraction of sp³-hybridized carbons (Fsp3) is 0.400. The predicted molar refractivity (Wildman–Crippen MR) is 84.1 cm³/mol. The van der Waals surface area contributed by atoms with Crippen molar-refractivity contribution >= 4 is 17.5 Å². The molecule has 1 aromatic carbocycles. The zero-order valence-electron chi connectivity index (χ0n) is 12.8. The zero-order valence-corrected chi connectivity index (χ0v) is 12.8. The molecule has 112 valence electrons. The second-order valence-electron chi connectivity index (χ2n) is 5.28. The van der Waals surface area contributed by atoms with Gasteiger partial charge in [-0.25, -0.2) is 0 Å². The van der Waals surface area contributed by atoms with Gasteiger partial charge in [0.25, 0.3) is 0 Å². The normalized spacial score (nSPS) is 10.8. The first-order chi connectivity index (χ1) is 10.0. The molecule has 6 heteroatoms. The van der Waals surface area contributed by atoms with Crippen LogP contribution < -0.4 is 15.4 Å². The first-order valence-electron chi connectivity index (χ1n) is 7.03. The molecule has 0 aliphatic rings. The van der Waals surface area contributed by atoms with E-state index in [4.69, 9.17) is 4.74 Å². The lowest BCUT2D eigenvalue weighted by Gasteiger charge is -2.11. The van der Waals surface area contributed by atoms with Crippen molar-refractivity contribution in [3.8, 4) is 5.75 Å². The number of benzene rings is 1. The molecule has 0 atom stereocenters. The van der Waals surface area contributed by atoms with E-state index in [1.807, 2.05) is 52.0 Å². The molecule has 1 heterocycles. The average molecular weight is 287 g/mol. The summed E-state index contributed by atoms with van der Waals surface area (Å²) in [5.74, 6) is 1.99. The van der Waals surface area contributed by atoms with Gasteiger partial charge in [0.1, 0.15) is 5.75 Å². The summed E-state index contributed by atoms with van der Waals surface area (Å²) >= 11 is 0. The van der Waals surface area contributed by atoms with E-state index >= 15 is 0 Å². The molecule has 1 aromatic heterocycles. The maximum absolute atomic E-state index is 5.60. The quantitative estimate of drug-likeness (QED) is 0.850. The van der Waals surface area contributed by atoms with E-state index in [1.54, 1.807) is 6.20 Å². The van der Waals surface area contributed by atoms with Crippen molar-refractivity contribution in [1.29, 1.82) is 0 Å². The van der Waals surface area contributed by atoms with Gasteiger partial charge in [-0.05, 0) is 52.0 Å². The van der Waals surface area contributed by atoms with Crippen LogP contribution in [0.15, 0.2) is 30.5 Å². The van der Waals surface area contributed by atoms with Crippen molar-refractivity contribution in [3.05, 3.63) is 30.5 Å². The van der Waals surface area contributed by atoms with Crippen LogP contribution in [0.2, 0.25) is 0 Å². The molecule has 2 rings (SSSR count).